The third-order valence-electron chi connectivity index (χ3n) is 6.47. The minimum atomic E-state index is -0.872. The normalized spacial score (nSPS) is 16.7. The molecule has 0 radical (unpaired) electrons. The molecule has 29 heavy (non-hydrogen) atoms. The predicted octanol–water partition coefficient (Wildman–Crippen LogP) is 5.85. The van der Waals surface area contributed by atoms with E-state index >= 15 is 0 Å². The van der Waals surface area contributed by atoms with E-state index in [4.69, 9.17) is 4.74 Å². The molecule has 0 unspecified atom stereocenters. The smallest absolute Gasteiger partial charge is 0.333 e. The van der Waals surface area contributed by atoms with Gasteiger partial charge in [-0.25, -0.2) is 4.79 Å². The molecule has 2 aliphatic rings. The molecule has 1 aliphatic heterocycles. The molecule has 1 N–H and O–H groups in total. The number of rotatable bonds is 3. The maximum atomic E-state index is 12.0. The Bertz CT molecular complexity index is 1130. The molecule has 4 heteroatoms. The molecule has 1 aromatic heterocycles. The second kappa shape index (κ2) is 7.11. The molecule has 0 bridgehead atoms. The number of aromatic nitrogens is 1. The summed E-state index contributed by atoms with van der Waals surface area (Å²) in [7, 11) is 1.64. The molecule has 1 fully saturated rings. The fourth-order valence-corrected chi connectivity index (χ4v) is 5.13. The molecule has 2 aromatic carbocycles. The first-order chi connectivity index (χ1) is 14.2. The van der Waals surface area contributed by atoms with Crippen LogP contribution in [-0.2, 0) is 11.3 Å². The lowest BCUT2D eigenvalue weighted by molar-refractivity contribution is -0.132. The van der Waals surface area contributed by atoms with Gasteiger partial charge in [0.15, 0.2) is 0 Å². The third kappa shape index (κ3) is 2.94. The number of methoxy groups -OCH3 is 1. The maximum Gasteiger partial charge on any atom is 0.333 e. The van der Waals surface area contributed by atoms with Crippen LogP contribution >= 0.6 is 0 Å². The van der Waals surface area contributed by atoms with Crippen molar-refractivity contribution in [2.75, 3.05) is 7.11 Å². The van der Waals surface area contributed by atoms with Gasteiger partial charge in [-0.2, -0.15) is 0 Å². The van der Waals surface area contributed by atoms with Gasteiger partial charge >= 0.3 is 5.97 Å². The first-order valence-electron chi connectivity index (χ1n) is 10.4. The van der Waals surface area contributed by atoms with Gasteiger partial charge in [0.05, 0.1) is 24.9 Å². The molecule has 1 saturated carbocycles. The second-order valence-corrected chi connectivity index (χ2v) is 8.13. The van der Waals surface area contributed by atoms with Gasteiger partial charge in [-0.15, -0.1) is 0 Å². The highest BCUT2D eigenvalue weighted by atomic mass is 16.5. The molecule has 4 nitrogen and oxygen atoms in total. The van der Waals surface area contributed by atoms with Crippen LogP contribution in [0.4, 0.5) is 0 Å². The summed E-state index contributed by atoms with van der Waals surface area (Å²) in [4.78, 5) is 12.0. The van der Waals surface area contributed by atoms with Crippen LogP contribution in [0.2, 0.25) is 0 Å². The molecule has 0 saturated heterocycles. The Kier molecular flexibility index (Phi) is 4.42. The number of hydrogen-bond acceptors (Lipinski definition) is 2. The van der Waals surface area contributed by atoms with Gasteiger partial charge in [0, 0.05) is 16.5 Å². The van der Waals surface area contributed by atoms with Crippen LogP contribution in [0.1, 0.15) is 49.1 Å². The third-order valence-corrected chi connectivity index (χ3v) is 6.47. The SMILES string of the molecule is COc1ccc2c(c1)C=C(C(=O)O)Cn1c-2c(C2CCCCC2)c2ccccc21. The van der Waals surface area contributed by atoms with Gasteiger partial charge in [0.2, 0.25) is 0 Å². The summed E-state index contributed by atoms with van der Waals surface area (Å²) in [6.07, 6.45) is 8.04. The van der Waals surface area contributed by atoms with Gasteiger partial charge in [0.1, 0.15) is 5.75 Å². The van der Waals surface area contributed by atoms with E-state index in [1.54, 1.807) is 7.11 Å². The minimum absolute atomic E-state index is 0.370. The lowest BCUT2D eigenvalue weighted by Gasteiger charge is -2.24. The molecular weight excluding hydrogens is 362 g/mol. The summed E-state index contributed by atoms with van der Waals surface area (Å²) in [6, 6.07) is 14.5. The van der Waals surface area contributed by atoms with E-state index in [2.05, 4.69) is 28.8 Å². The van der Waals surface area contributed by atoms with E-state index in [1.165, 1.54) is 48.7 Å². The lowest BCUT2D eigenvalue weighted by atomic mass is 9.81. The topological polar surface area (TPSA) is 51.5 Å². The Labute approximate surface area is 170 Å². The van der Waals surface area contributed by atoms with Gasteiger partial charge in [-0.1, -0.05) is 37.5 Å². The first-order valence-corrected chi connectivity index (χ1v) is 10.4. The zero-order chi connectivity index (χ0) is 20.0. The highest BCUT2D eigenvalue weighted by Crippen LogP contribution is 2.46. The Morgan fingerprint density at radius 1 is 1.10 bits per heavy atom. The summed E-state index contributed by atoms with van der Waals surface area (Å²) in [5, 5.41) is 11.1. The number of aliphatic carboxylic acids is 1. The molecular formula is C25H25NO3. The van der Waals surface area contributed by atoms with Crippen molar-refractivity contribution in [3.63, 3.8) is 0 Å². The summed E-state index contributed by atoms with van der Waals surface area (Å²) in [5.41, 5.74) is 6.11. The second-order valence-electron chi connectivity index (χ2n) is 8.13. The van der Waals surface area contributed by atoms with Gasteiger partial charge in [-0.3, -0.25) is 0 Å². The van der Waals surface area contributed by atoms with Crippen LogP contribution < -0.4 is 4.74 Å². The summed E-state index contributed by atoms with van der Waals surface area (Å²) in [5.74, 6) is 0.392. The van der Waals surface area contributed by atoms with Crippen molar-refractivity contribution < 1.29 is 14.6 Å². The largest absolute Gasteiger partial charge is 0.497 e. The van der Waals surface area contributed by atoms with E-state index in [1.807, 2.05) is 24.3 Å². The highest BCUT2D eigenvalue weighted by molar-refractivity contribution is 5.99. The van der Waals surface area contributed by atoms with Crippen LogP contribution in [-0.4, -0.2) is 22.8 Å². The average molecular weight is 387 g/mol. The molecule has 2 heterocycles. The Balaban J connectivity index is 1.85. The van der Waals surface area contributed by atoms with E-state index < -0.39 is 5.97 Å². The number of para-hydroxylation sites is 1. The lowest BCUT2D eigenvalue weighted by Crippen LogP contribution is -2.10. The Morgan fingerprint density at radius 2 is 1.90 bits per heavy atom. The van der Waals surface area contributed by atoms with Gasteiger partial charge in [-0.05, 0) is 60.2 Å². The fraction of sp³-hybridized carbons (Fsp3) is 0.320. The molecule has 5 rings (SSSR count). The molecule has 1 aliphatic carbocycles. The number of fused-ring (bicyclic) bond motifs is 5. The quantitative estimate of drug-likeness (QED) is 0.614. The van der Waals surface area contributed by atoms with Crippen LogP contribution in [0.3, 0.4) is 0 Å². The maximum absolute atomic E-state index is 12.0. The van der Waals surface area contributed by atoms with Crippen molar-refractivity contribution in [2.24, 2.45) is 0 Å². The van der Waals surface area contributed by atoms with Crippen molar-refractivity contribution in [3.8, 4) is 17.0 Å². The van der Waals surface area contributed by atoms with Crippen molar-refractivity contribution in [2.45, 2.75) is 44.6 Å². The van der Waals surface area contributed by atoms with Crippen LogP contribution in [0, 0.1) is 0 Å². The standard InChI is InChI=1S/C25H25NO3/c1-29-19-11-12-20-17(14-19)13-18(25(27)28)15-26-22-10-6-5-9-21(22)23(24(20)26)16-7-3-2-4-8-16/h5-6,9-14,16H,2-4,7-8,15H2,1H3,(H,27,28). The zero-order valence-corrected chi connectivity index (χ0v) is 16.6. The summed E-state index contributed by atoms with van der Waals surface area (Å²) < 4.78 is 7.65. The van der Waals surface area contributed by atoms with Crippen LogP contribution in [0.25, 0.3) is 28.2 Å². The number of nitrogens with zero attached hydrogens (tertiary/aromatic N) is 1. The van der Waals surface area contributed by atoms with Gasteiger partial charge < -0.3 is 14.4 Å². The molecule has 0 atom stereocenters. The van der Waals surface area contributed by atoms with E-state index in [9.17, 15) is 9.90 Å². The van der Waals surface area contributed by atoms with Crippen LogP contribution in [0.5, 0.6) is 5.75 Å². The number of hydrogen-bond donors (Lipinski definition) is 1. The zero-order valence-electron chi connectivity index (χ0n) is 16.6. The monoisotopic (exact) mass is 387 g/mol. The van der Waals surface area contributed by atoms with Crippen molar-refractivity contribution >= 4 is 22.9 Å². The van der Waals surface area contributed by atoms with Crippen molar-refractivity contribution in [3.05, 3.63) is 59.2 Å². The summed E-state index contributed by atoms with van der Waals surface area (Å²) in [6.45, 7) is 0.370. The number of carboxylic acid groups (broad SMARTS) is 1. The van der Waals surface area contributed by atoms with E-state index in [0.717, 1.165) is 22.4 Å². The molecule has 0 spiro atoms. The first kappa shape index (κ1) is 18.0. The molecule has 0 amide bonds. The number of carboxylic acids is 1. The van der Waals surface area contributed by atoms with E-state index in [0.29, 0.717) is 18.0 Å². The van der Waals surface area contributed by atoms with E-state index in [-0.39, 0.29) is 0 Å². The molecule has 3 aromatic rings. The molecule has 148 valence electrons. The number of carbonyl (C=O) groups is 1. The highest BCUT2D eigenvalue weighted by Gasteiger charge is 2.29. The van der Waals surface area contributed by atoms with Crippen molar-refractivity contribution in [1.82, 2.24) is 4.57 Å². The average Bonchev–Trinajstić information content (AvgIpc) is 2.97. The summed E-state index contributed by atoms with van der Waals surface area (Å²) >= 11 is 0. The number of benzene rings is 2. The Hall–Kier alpha value is -3.01. The fourth-order valence-electron chi connectivity index (χ4n) is 5.13. The minimum Gasteiger partial charge on any atom is -0.497 e. The van der Waals surface area contributed by atoms with Gasteiger partial charge in [0.25, 0.3) is 0 Å². The predicted molar refractivity (Wildman–Crippen MR) is 115 cm³/mol. The van der Waals surface area contributed by atoms with Crippen molar-refractivity contribution in [1.29, 1.82) is 0 Å². The van der Waals surface area contributed by atoms with Crippen LogP contribution in [0.15, 0.2) is 48.0 Å². The number of ether oxygens (including phenoxy) is 1. The Morgan fingerprint density at radius 3 is 2.66 bits per heavy atom.